The lowest BCUT2D eigenvalue weighted by molar-refractivity contribution is -0.275. The monoisotopic (exact) mass is 508 g/mol. The number of carbonyl (C=O) groups is 1. The maximum absolute atomic E-state index is 14.3. The van der Waals surface area contributed by atoms with E-state index in [1.807, 2.05) is 0 Å². The Morgan fingerprint density at radius 1 is 1.08 bits per heavy atom. The summed E-state index contributed by atoms with van der Waals surface area (Å²) in [5.74, 6) is -3.41. The van der Waals surface area contributed by atoms with Crippen LogP contribution in [0.3, 0.4) is 0 Å². The fourth-order valence-electron chi connectivity index (χ4n) is 4.06. The zero-order chi connectivity index (χ0) is 26.0. The Kier molecular flexibility index (Phi) is 7.09. The minimum absolute atomic E-state index is 0.0477. The van der Waals surface area contributed by atoms with Crippen molar-refractivity contribution in [1.29, 1.82) is 0 Å². The lowest BCUT2D eigenvalue weighted by Gasteiger charge is -2.17. The number of halogens is 5. The molecule has 1 fully saturated rings. The van der Waals surface area contributed by atoms with Crippen LogP contribution in [0.25, 0.3) is 0 Å². The largest absolute Gasteiger partial charge is 0.573 e. The molecule has 1 aliphatic carbocycles. The van der Waals surface area contributed by atoms with Gasteiger partial charge in [0, 0.05) is 18.9 Å². The van der Waals surface area contributed by atoms with E-state index in [-0.39, 0.29) is 36.0 Å². The first-order valence-electron chi connectivity index (χ1n) is 11.0. The molecule has 11 heteroatoms. The van der Waals surface area contributed by atoms with Crippen LogP contribution in [-0.2, 0) is 6.42 Å². The van der Waals surface area contributed by atoms with Gasteiger partial charge in [-0.25, -0.2) is 13.8 Å². The van der Waals surface area contributed by atoms with Crippen LogP contribution in [-0.4, -0.2) is 29.2 Å². The van der Waals surface area contributed by atoms with Crippen molar-refractivity contribution in [3.8, 4) is 11.5 Å². The average molecular weight is 508 g/mol. The van der Waals surface area contributed by atoms with Gasteiger partial charge in [-0.2, -0.15) is 0 Å². The van der Waals surface area contributed by atoms with Crippen LogP contribution in [0.1, 0.15) is 52.6 Å². The topological polar surface area (TPSA) is 81.3 Å². The zero-order valence-electron chi connectivity index (χ0n) is 19.0. The number of nitrogens with one attached hydrogen (secondary N) is 1. The van der Waals surface area contributed by atoms with Crippen LogP contribution in [0.15, 0.2) is 47.3 Å². The molecule has 0 spiro atoms. The minimum Gasteiger partial charge on any atom is -0.494 e. The third kappa shape index (κ3) is 6.27. The first-order chi connectivity index (χ1) is 17.0. The normalized spacial score (nSPS) is 14.4. The fourth-order valence-corrected chi connectivity index (χ4v) is 4.06. The number of carbonyl (C=O) groups excluding carboxylic acids is 1. The van der Waals surface area contributed by atoms with E-state index in [1.54, 1.807) is 6.07 Å². The van der Waals surface area contributed by atoms with Gasteiger partial charge in [0.05, 0.1) is 7.11 Å². The summed E-state index contributed by atoms with van der Waals surface area (Å²) >= 11 is 0. The lowest BCUT2D eigenvalue weighted by atomic mass is 9.88. The number of aromatic nitrogens is 2. The quantitative estimate of drug-likeness (QED) is 0.313. The molecule has 0 unspecified atom stereocenters. The molecule has 0 bridgehead atoms. The van der Waals surface area contributed by atoms with Gasteiger partial charge in [0.2, 0.25) is 0 Å². The maximum Gasteiger partial charge on any atom is 0.573 e. The van der Waals surface area contributed by atoms with Gasteiger partial charge in [-0.1, -0.05) is 12.1 Å². The Morgan fingerprint density at radius 2 is 1.78 bits per heavy atom. The second-order valence-corrected chi connectivity index (χ2v) is 8.53. The summed E-state index contributed by atoms with van der Waals surface area (Å²) in [6, 6.07) is 8.43. The Hall–Kier alpha value is -3.76. The van der Waals surface area contributed by atoms with Crippen LogP contribution in [0, 0.1) is 17.6 Å². The summed E-state index contributed by atoms with van der Waals surface area (Å²) in [4.78, 5) is 32.0. The molecule has 1 heterocycles. The van der Waals surface area contributed by atoms with Gasteiger partial charge in [0.25, 0.3) is 5.56 Å². The van der Waals surface area contributed by atoms with Crippen molar-refractivity contribution in [3.05, 3.63) is 87.1 Å². The van der Waals surface area contributed by atoms with Crippen molar-refractivity contribution in [2.45, 2.75) is 38.0 Å². The molecular formula is C25H21F5N2O4. The van der Waals surface area contributed by atoms with E-state index in [2.05, 4.69) is 14.7 Å². The van der Waals surface area contributed by atoms with Crippen molar-refractivity contribution < 1.29 is 36.2 Å². The van der Waals surface area contributed by atoms with Crippen molar-refractivity contribution in [2.75, 3.05) is 7.11 Å². The highest BCUT2D eigenvalue weighted by Gasteiger charge is 2.36. The first-order valence-corrected chi connectivity index (χ1v) is 11.0. The zero-order valence-corrected chi connectivity index (χ0v) is 19.0. The van der Waals surface area contributed by atoms with Crippen LogP contribution < -0.4 is 15.0 Å². The molecule has 0 aliphatic heterocycles. The molecule has 1 aromatic heterocycles. The highest BCUT2D eigenvalue weighted by atomic mass is 19.4. The van der Waals surface area contributed by atoms with E-state index in [4.69, 9.17) is 4.74 Å². The molecule has 36 heavy (non-hydrogen) atoms. The molecule has 0 amide bonds. The number of methoxy groups -OCH3 is 1. The van der Waals surface area contributed by atoms with Gasteiger partial charge in [0.1, 0.15) is 11.5 Å². The summed E-state index contributed by atoms with van der Waals surface area (Å²) in [6.07, 6.45) is -3.55. The molecule has 190 valence electrons. The standard InChI is InChI=1S/C25H21F5N2O4/c1-35-21-6-2-13(8-17(21)26)9-23-31-19(12-24(34)32-23)20(33)11-16(14-3-4-14)15-5-7-22(18(27)10-15)36-25(28,29)30/h2,5-8,10,12,14,16H,3-4,9,11H2,1H3,(H,31,32,34)/t16-/m1/s1. The minimum atomic E-state index is -5.03. The number of alkyl halides is 3. The van der Waals surface area contributed by atoms with E-state index in [0.29, 0.717) is 11.1 Å². The Bertz CT molecular complexity index is 1330. The maximum atomic E-state index is 14.3. The van der Waals surface area contributed by atoms with Crippen LogP contribution >= 0.6 is 0 Å². The average Bonchev–Trinajstić information content (AvgIpc) is 3.63. The summed E-state index contributed by atoms with van der Waals surface area (Å²) in [5, 5.41) is 0. The van der Waals surface area contributed by atoms with Gasteiger partial charge >= 0.3 is 6.36 Å². The molecule has 4 rings (SSSR count). The summed E-state index contributed by atoms with van der Waals surface area (Å²) in [6.45, 7) is 0. The lowest BCUT2D eigenvalue weighted by Crippen LogP contribution is -2.19. The molecule has 1 atom stereocenters. The predicted octanol–water partition coefficient (Wildman–Crippen LogP) is 5.31. The van der Waals surface area contributed by atoms with Gasteiger partial charge in [-0.15, -0.1) is 13.2 Å². The molecule has 0 saturated heterocycles. The van der Waals surface area contributed by atoms with Gasteiger partial charge in [-0.3, -0.25) is 9.59 Å². The van der Waals surface area contributed by atoms with E-state index in [9.17, 15) is 31.5 Å². The number of hydrogen-bond acceptors (Lipinski definition) is 5. The smallest absolute Gasteiger partial charge is 0.494 e. The number of benzene rings is 2. The fraction of sp³-hybridized carbons (Fsp3) is 0.320. The number of Topliss-reactive ketones (excluding diaryl/α,β-unsaturated/α-hetero) is 1. The number of ether oxygens (including phenoxy) is 2. The van der Waals surface area contributed by atoms with Gasteiger partial charge in [0.15, 0.2) is 28.9 Å². The van der Waals surface area contributed by atoms with Crippen LogP contribution in [0.4, 0.5) is 22.0 Å². The van der Waals surface area contributed by atoms with E-state index in [1.165, 1.54) is 25.3 Å². The van der Waals surface area contributed by atoms with Gasteiger partial charge < -0.3 is 14.5 Å². The third-order valence-electron chi connectivity index (χ3n) is 5.87. The second-order valence-electron chi connectivity index (χ2n) is 8.53. The summed E-state index contributed by atoms with van der Waals surface area (Å²) < 4.78 is 74.1. The number of H-pyrrole nitrogens is 1. The Morgan fingerprint density at radius 3 is 2.39 bits per heavy atom. The summed E-state index contributed by atoms with van der Waals surface area (Å²) in [7, 11) is 1.33. The van der Waals surface area contributed by atoms with Crippen molar-refractivity contribution >= 4 is 5.78 Å². The van der Waals surface area contributed by atoms with Crippen molar-refractivity contribution in [1.82, 2.24) is 9.97 Å². The summed E-state index contributed by atoms with van der Waals surface area (Å²) in [5.41, 5.74) is 0.177. The SMILES string of the molecule is COc1ccc(Cc2nc(C(=O)C[C@@H](c3ccc(OC(F)(F)F)c(F)c3)C3CC3)cc(=O)[nH]2)cc1F. The van der Waals surface area contributed by atoms with Gasteiger partial charge in [-0.05, 0) is 60.1 Å². The number of nitrogens with zero attached hydrogens (tertiary/aromatic N) is 1. The Balaban J connectivity index is 1.53. The van der Waals surface area contributed by atoms with Crippen LogP contribution in [0.5, 0.6) is 11.5 Å². The number of hydrogen-bond donors (Lipinski definition) is 1. The highest BCUT2D eigenvalue weighted by molar-refractivity contribution is 5.94. The molecule has 3 aromatic rings. The third-order valence-corrected chi connectivity index (χ3v) is 5.87. The number of rotatable bonds is 9. The number of aromatic amines is 1. The Labute approximate surface area is 202 Å². The first kappa shape index (κ1) is 25.3. The van der Waals surface area contributed by atoms with E-state index in [0.717, 1.165) is 31.0 Å². The van der Waals surface area contributed by atoms with Crippen molar-refractivity contribution in [2.24, 2.45) is 5.92 Å². The van der Waals surface area contributed by atoms with E-state index >= 15 is 0 Å². The molecule has 1 N–H and O–H groups in total. The van der Waals surface area contributed by atoms with Crippen LogP contribution in [0.2, 0.25) is 0 Å². The van der Waals surface area contributed by atoms with Crippen molar-refractivity contribution in [3.63, 3.8) is 0 Å². The van der Waals surface area contributed by atoms with E-state index < -0.39 is 41.0 Å². The predicted molar refractivity (Wildman–Crippen MR) is 118 cm³/mol. The molecule has 0 radical (unpaired) electrons. The molecule has 6 nitrogen and oxygen atoms in total. The molecule has 1 aliphatic rings. The highest BCUT2D eigenvalue weighted by Crippen LogP contribution is 2.45. The molecular weight excluding hydrogens is 487 g/mol. The molecule has 1 saturated carbocycles. The number of ketones is 1. The second kappa shape index (κ2) is 10.1. The molecule has 2 aromatic carbocycles.